The molecule has 0 aliphatic carbocycles. The van der Waals surface area contributed by atoms with Crippen LogP contribution < -0.4 is 5.32 Å². The summed E-state index contributed by atoms with van der Waals surface area (Å²) in [6.45, 7) is 1.93. The molecule has 0 atom stereocenters. The number of nitrogens with zero attached hydrogens (tertiary/aromatic N) is 2. The van der Waals surface area contributed by atoms with Gasteiger partial charge in [0.2, 0.25) is 5.89 Å². The van der Waals surface area contributed by atoms with Crippen LogP contribution >= 0.6 is 11.6 Å². The largest absolute Gasteiger partial charge is 0.343 e. The van der Waals surface area contributed by atoms with E-state index in [1.54, 1.807) is 12.1 Å². The molecule has 9 heteroatoms. The number of halogens is 1. The standard InChI is InChI=1S/C18H16ClN3O4S/c1-12-2-4-13(5-3-12)18(23)20-10-17-21-16(22-26-17)11-27(24,25)15-8-6-14(19)7-9-15/h2-9H,10-11H2,1H3,(H,20,23). The molecule has 3 rings (SSSR count). The van der Waals surface area contributed by atoms with Crippen molar-refractivity contribution in [2.45, 2.75) is 24.1 Å². The molecule has 1 N–H and O–H groups in total. The molecule has 1 heterocycles. The first kappa shape index (κ1) is 19.1. The summed E-state index contributed by atoms with van der Waals surface area (Å²) in [5, 5.41) is 6.76. The molecule has 0 aliphatic rings. The Balaban J connectivity index is 1.62. The number of rotatable bonds is 6. The molecule has 27 heavy (non-hydrogen) atoms. The van der Waals surface area contributed by atoms with Crippen LogP contribution in [0.5, 0.6) is 0 Å². The smallest absolute Gasteiger partial charge is 0.251 e. The molecule has 0 saturated carbocycles. The minimum absolute atomic E-state index is 0.000697. The summed E-state index contributed by atoms with van der Waals surface area (Å²) in [7, 11) is -3.63. The highest BCUT2D eigenvalue weighted by atomic mass is 35.5. The molecule has 0 radical (unpaired) electrons. The zero-order valence-corrected chi connectivity index (χ0v) is 15.9. The van der Waals surface area contributed by atoms with Gasteiger partial charge < -0.3 is 9.84 Å². The Hall–Kier alpha value is -2.71. The van der Waals surface area contributed by atoms with Gasteiger partial charge >= 0.3 is 0 Å². The predicted molar refractivity (Wildman–Crippen MR) is 99.0 cm³/mol. The molecule has 140 valence electrons. The van der Waals surface area contributed by atoms with Crippen molar-refractivity contribution in [2.24, 2.45) is 0 Å². The van der Waals surface area contributed by atoms with E-state index < -0.39 is 15.6 Å². The van der Waals surface area contributed by atoms with Crippen molar-refractivity contribution in [2.75, 3.05) is 0 Å². The van der Waals surface area contributed by atoms with Crippen molar-refractivity contribution < 1.29 is 17.7 Å². The summed E-state index contributed by atoms with van der Waals surface area (Å²) >= 11 is 5.77. The van der Waals surface area contributed by atoms with E-state index in [0.29, 0.717) is 10.6 Å². The molecule has 1 aromatic heterocycles. The van der Waals surface area contributed by atoms with E-state index in [1.807, 2.05) is 19.1 Å². The Morgan fingerprint density at radius 3 is 2.44 bits per heavy atom. The lowest BCUT2D eigenvalue weighted by molar-refractivity contribution is 0.0946. The van der Waals surface area contributed by atoms with Crippen LogP contribution in [0.15, 0.2) is 57.9 Å². The van der Waals surface area contributed by atoms with Gasteiger partial charge in [-0.25, -0.2) is 8.42 Å². The fourth-order valence-electron chi connectivity index (χ4n) is 2.28. The van der Waals surface area contributed by atoms with Gasteiger partial charge in [0.1, 0.15) is 5.75 Å². The van der Waals surface area contributed by atoms with Gasteiger partial charge in [0.25, 0.3) is 5.91 Å². The number of amides is 1. The van der Waals surface area contributed by atoms with Crippen LogP contribution in [-0.2, 0) is 22.1 Å². The third-order valence-electron chi connectivity index (χ3n) is 3.72. The Labute approximate surface area is 161 Å². The van der Waals surface area contributed by atoms with Gasteiger partial charge in [0, 0.05) is 10.6 Å². The monoisotopic (exact) mass is 405 g/mol. The summed E-state index contributed by atoms with van der Waals surface area (Å²) in [4.78, 5) is 16.2. The van der Waals surface area contributed by atoms with Crippen LogP contribution in [0.2, 0.25) is 5.02 Å². The van der Waals surface area contributed by atoms with E-state index in [1.165, 1.54) is 24.3 Å². The molecule has 0 unspecified atom stereocenters. The van der Waals surface area contributed by atoms with Gasteiger partial charge in [-0.05, 0) is 43.3 Å². The summed E-state index contributed by atoms with van der Waals surface area (Å²) < 4.78 is 29.7. The summed E-state index contributed by atoms with van der Waals surface area (Å²) in [6.07, 6.45) is 0. The zero-order chi connectivity index (χ0) is 19.4. The highest BCUT2D eigenvalue weighted by Gasteiger charge is 2.19. The van der Waals surface area contributed by atoms with Gasteiger partial charge in [-0.15, -0.1) is 0 Å². The van der Waals surface area contributed by atoms with Crippen molar-refractivity contribution in [3.05, 3.63) is 76.4 Å². The summed E-state index contributed by atoms with van der Waals surface area (Å²) in [5.74, 6) is -0.561. The molecule has 0 saturated heterocycles. The SMILES string of the molecule is Cc1ccc(C(=O)NCc2nc(CS(=O)(=O)c3ccc(Cl)cc3)no2)cc1. The molecule has 7 nitrogen and oxygen atoms in total. The minimum atomic E-state index is -3.63. The number of benzene rings is 2. The Morgan fingerprint density at radius 1 is 1.11 bits per heavy atom. The number of aryl methyl sites for hydroxylation is 1. The van der Waals surface area contributed by atoms with Crippen molar-refractivity contribution >= 4 is 27.3 Å². The number of aromatic nitrogens is 2. The maximum absolute atomic E-state index is 12.4. The van der Waals surface area contributed by atoms with E-state index >= 15 is 0 Å². The number of carbonyl (C=O) groups excluding carboxylic acids is 1. The highest BCUT2D eigenvalue weighted by molar-refractivity contribution is 7.90. The van der Waals surface area contributed by atoms with E-state index in [0.717, 1.165) is 5.56 Å². The van der Waals surface area contributed by atoms with E-state index in [4.69, 9.17) is 16.1 Å². The second-order valence-electron chi connectivity index (χ2n) is 5.87. The van der Waals surface area contributed by atoms with Gasteiger partial charge in [0.15, 0.2) is 15.7 Å². The fourth-order valence-corrected chi connectivity index (χ4v) is 3.58. The molecule has 2 aromatic carbocycles. The lowest BCUT2D eigenvalue weighted by Crippen LogP contribution is -2.22. The molecule has 1 amide bonds. The average molecular weight is 406 g/mol. The van der Waals surface area contributed by atoms with E-state index in [2.05, 4.69) is 15.5 Å². The maximum Gasteiger partial charge on any atom is 0.251 e. The van der Waals surface area contributed by atoms with Crippen LogP contribution in [-0.4, -0.2) is 24.5 Å². The first-order valence-electron chi connectivity index (χ1n) is 7.98. The molecule has 0 bridgehead atoms. The van der Waals surface area contributed by atoms with Crippen LogP contribution in [0, 0.1) is 6.92 Å². The lowest BCUT2D eigenvalue weighted by Gasteiger charge is -2.02. The summed E-state index contributed by atoms with van der Waals surface area (Å²) in [6, 6.07) is 12.9. The Morgan fingerprint density at radius 2 is 1.78 bits per heavy atom. The van der Waals surface area contributed by atoms with Crippen LogP contribution in [0.3, 0.4) is 0 Å². The number of hydrogen-bond donors (Lipinski definition) is 1. The van der Waals surface area contributed by atoms with Gasteiger partial charge in [0.05, 0.1) is 11.4 Å². The van der Waals surface area contributed by atoms with Crippen molar-refractivity contribution in [3.63, 3.8) is 0 Å². The second kappa shape index (κ2) is 7.89. The predicted octanol–water partition coefficient (Wildman–Crippen LogP) is 2.94. The normalized spacial score (nSPS) is 11.3. The Bertz CT molecular complexity index is 1040. The summed E-state index contributed by atoms with van der Waals surface area (Å²) in [5.41, 5.74) is 1.56. The quantitative estimate of drug-likeness (QED) is 0.676. The highest BCUT2D eigenvalue weighted by Crippen LogP contribution is 2.18. The molecule has 3 aromatic rings. The van der Waals surface area contributed by atoms with Gasteiger partial charge in [-0.1, -0.05) is 34.5 Å². The van der Waals surface area contributed by atoms with Crippen molar-refractivity contribution in [1.29, 1.82) is 0 Å². The van der Waals surface area contributed by atoms with Crippen LogP contribution in [0.4, 0.5) is 0 Å². The molecular formula is C18H16ClN3O4S. The topological polar surface area (TPSA) is 102 Å². The minimum Gasteiger partial charge on any atom is -0.343 e. The van der Waals surface area contributed by atoms with Gasteiger partial charge in [-0.2, -0.15) is 4.98 Å². The number of carbonyl (C=O) groups is 1. The maximum atomic E-state index is 12.4. The number of hydrogen-bond acceptors (Lipinski definition) is 6. The van der Waals surface area contributed by atoms with Crippen molar-refractivity contribution in [1.82, 2.24) is 15.5 Å². The third-order valence-corrected chi connectivity index (χ3v) is 5.60. The first-order valence-corrected chi connectivity index (χ1v) is 10.0. The Kier molecular flexibility index (Phi) is 5.57. The van der Waals surface area contributed by atoms with Gasteiger partial charge in [-0.3, -0.25) is 4.79 Å². The van der Waals surface area contributed by atoms with E-state index in [-0.39, 0.29) is 29.1 Å². The number of nitrogens with one attached hydrogen (secondary N) is 1. The fraction of sp³-hybridized carbons (Fsp3) is 0.167. The second-order valence-corrected chi connectivity index (χ2v) is 8.29. The molecule has 0 aliphatic heterocycles. The first-order chi connectivity index (χ1) is 12.8. The van der Waals surface area contributed by atoms with Crippen LogP contribution in [0.1, 0.15) is 27.6 Å². The molecule has 0 spiro atoms. The molecular weight excluding hydrogens is 390 g/mol. The van der Waals surface area contributed by atoms with Crippen LogP contribution in [0.25, 0.3) is 0 Å². The van der Waals surface area contributed by atoms with Crippen molar-refractivity contribution in [3.8, 4) is 0 Å². The lowest BCUT2D eigenvalue weighted by atomic mass is 10.1. The van der Waals surface area contributed by atoms with E-state index in [9.17, 15) is 13.2 Å². The molecule has 0 fully saturated rings. The zero-order valence-electron chi connectivity index (χ0n) is 14.3. The third kappa shape index (κ3) is 4.93. The average Bonchev–Trinajstić information content (AvgIpc) is 3.07. The number of sulfone groups is 1.